The van der Waals surface area contributed by atoms with Gasteiger partial charge in [0.05, 0.1) is 0 Å². The summed E-state index contributed by atoms with van der Waals surface area (Å²) in [6.07, 6.45) is 3.68. The first-order valence-corrected chi connectivity index (χ1v) is 8.27. The molecular formula is C20H25N. The molecule has 1 aromatic heterocycles. The molecule has 1 unspecified atom stereocenters. The van der Waals surface area contributed by atoms with Gasteiger partial charge in [0, 0.05) is 28.4 Å². The van der Waals surface area contributed by atoms with Crippen molar-refractivity contribution >= 4 is 21.8 Å². The highest BCUT2D eigenvalue weighted by Gasteiger charge is 2.12. The van der Waals surface area contributed by atoms with Crippen molar-refractivity contribution in [2.24, 2.45) is 0 Å². The highest BCUT2D eigenvalue weighted by molar-refractivity contribution is 6.08. The van der Waals surface area contributed by atoms with E-state index < -0.39 is 0 Å². The molecule has 1 atom stereocenters. The molecule has 0 N–H and O–H groups in total. The Bertz CT molecular complexity index is 751. The van der Waals surface area contributed by atoms with Gasteiger partial charge in [0.1, 0.15) is 0 Å². The fraction of sp³-hybridized carbons (Fsp3) is 0.400. The van der Waals surface area contributed by atoms with Gasteiger partial charge in [0.25, 0.3) is 0 Å². The van der Waals surface area contributed by atoms with Crippen molar-refractivity contribution in [3.8, 4) is 0 Å². The Morgan fingerprint density at radius 1 is 0.905 bits per heavy atom. The van der Waals surface area contributed by atoms with Crippen molar-refractivity contribution in [1.82, 2.24) is 4.57 Å². The maximum Gasteiger partial charge on any atom is 0.0491 e. The average molecular weight is 279 g/mol. The van der Waals surface area contributed by atoms with Crippen molar-refractivity contribution in [3.05, 3.63) is 48.0 Å². The number of aromatic nitrogens is 1. The number of fused-ring (bicyclic) bond motifs is 3. The van der Waals surface area contributed by atoms with Crippen LogP contribution < -0.4 is 0 Å². The van der Waals surface area contributed by atoms with Gasteiger partial charge in [0.2, 0.25) is 0 Å². The van der Waals surface area contributed by atoms with E-state index in [0.29, 0.717) is 5.92 Å². The molecule has 0 saturated carbocycles. The standard InChI is InChI=1S/C20H25N/c1-4-8-15(3)16-11-12-20-18(14-16)17-9-6-7-10-19(17)21(20)13-5-2/h6-7,9-12,14-15H,4-5,8,13H2,1-3H3. The molecule has 0 saturated heterocycles. The lowest BCUT2D eigenvalue weighted by molar-refractivity contribution is 0.665. The number of para-hydroxylation sites is 1. The monoisotopic (exact) mass is 279 g/mol. The van der Waals surface area contributed by atoms with Gasteiger partial charge in [0.15, 0.2) is 0 Å². The molecule has 0 aliphatic carbocycles. The minimum Gasteiger partial charge on any atom is -0.340 e. The third-order valence-corrected chi connectivity index (χ3v) is 4.53. The maximum atomic E-state index is 2.47. The second-order valence-electron chi connectivity index (χ2n) is 6.14. The predicted octanol–water partition coefficient (Wildman–Crippen LogP) is 6.11. The molecule has 110 valence electrons. The quantitative estimate of drug-likeness (QED) is 0.531. The second kappa shape index (κ2) is 5.93. The van der Waals surface area contributed by atoms with Gasteiger partial charge >= 0.3 is 0 Å². The lowest BCUT2D eigenvalue weighted by Gasteiger charge is -2.11. The summed E-state index contributed by atoms with van der Waals surface area (Å²) in [5.41, 5.74) is 4.23. The molecule has 1 heteroatoms. The van der Waals surface area contributed by atoms with E-state index in [1.807, 2.05) is 0 Å². The predicted molar refractivity (Wildman–Crippen MR) is 93.1 cm³/mol. The highest BCUT2D eigenvalue weighted by atomic mass is 15.0. The number of aryl methyl sites for hydroxylation is 1. The number of hydrogen-bond acceptors (Lipinski definition) is 0. The van der Waals surface area contributed by atoms with Crippen LogP contribution in [0.5, 0.6) is 0 Å². The van der Waals surface area contributed by atoms with Gasteiger partial charge in [-0.05, 0) is 42.5 Å². The van der Waals surface area contributed by atoms with Crippen LogP contribution in [0.2, 0.25) is 0 Å². The Morgan fingerprint density at radius 3 is 2.43 bits per heavy atom. The average Bonchev–Trinajstić information content (AvgIpc) is 2.82. The highest BCUT2D eigenvalue weighted by Crippen LogP contribution is 2.32. The van der Waals surface area contributed by atoms with E-state index in [4.69, 9.17) is 0 Å². The molecule has 1 heterocycles. The molecule has 0 aliphatic rings. The molecule has 21 heavy (non-hydrogen) atoms. The second-order valence-corrected chi connectivity index (χ2v) is 6.14. The minimum absolute atomic E-state index is 0.646. The van der Waals surface area contributed by atoms with Crippen molar-refractivity contribution in [1.29, 1.82) is 0 Å². The molecule has 2 aromatic carbocycles. The fourth-order valence-electron chi connectivity index (χ4n) is 3.44. The molecule has 0 spiro atoms. The summed E-state index contributed by atoms with van der Waals surface area (Å²) in [5, 5.41) is 2.81. The number of hydrogen-bond donors (Lipinski definition) is 0. The van der Waals surface area contributed by atoms with Crippen LogP contribution in [-0.2, 0) is 6.54 Å². The first-order valence-electron chi connectivity index (χ1n) is 8.27. The number of nitrogens with zero attached hydrogens (tertiary/aromatic N) is 1. The minimum atomic E-state index is 0.646. The van der Waals surface area contributed by atoms with Crippen LogP contribution >= 0.6 is 0 Å². The molecule has 1 nitrogen and oxygen atoms in total. The van der Waals surface area contributed by atoms with Gasteiger partial charge in [-0.15, -0.1) is 0 Å². The van der Waals surface area contributed by atoms with Crippen molar-refractivity contribution in [2.45, 2.75) is 52.5 Å². The van der Waals surface area contributed by atoms with E-state index in [1.165, 1.54) is 46.6 Å². The Morgan fingerprint density at radius 2 is 1.67 bits per heavy atom. The molecule has 0 fully saturated rings. The lowest BCUT2D eigenvalue weighted by Crippen LogP contribution is -1.96. The Balaban J connectivity index is 2.23. The largest absolute Gasteiger partial charge is 0.340 e. The molecule has 3 aromatic rings. The summed E-state index contributed by atoms with van der Waals surface area (Å²) < 4.78 is 2.47. The topological polar surface area (TPSA) is 4.93 Å². The van der Waals surface area contributed by atoms with E-state index in [2.05, 4.69) is 67.8 Å². The molecule has 0 radical (unpaired) electrons. The van der Waals surface area contributed by atoms with Gasteiger partial charge in [-0.2, -0.15) is 0 Å². The number of benzene rings is 2. The van der Waals surface area contributed by atoms with Crippen LogP contribution in [-0.4, -0.2) is 4.57 Å². The van der Waals surface area contributed by atoms with E-state index in [9.17, 15) is 0 Å². The zero-order valence-corrected chi connectivity index (χ0v) is 13.4. The zero-order chi connectivity index (χ0) is 14.8. The fourth-order valence-corrected chi connectivity index (χ4v) is 3.44. The van der Waals surface area contributed by atoms with E-state index >= 15 is 0 Å². The van der Waals surface area contributed by atoms with Gasteiger partial charge in [-0.25, -0.2) is 0 Å². The van der Waals surface area contributed by atoms with Crippen molar-refractivity contribution in [2.75, 3.05) is 0 Å². The summed E-state index contributed by atoms with van der Waals surface area (Å²) in [4.78, 5) is 0. The zero-order valence-electron chi connectivity index (χ0n) is 13.4. The molecule has 0 amide bonds. The van der Waals surface area contributed by atoms with Gasteiger partial charge < -0.3 is 4.57 Å². The SMILES string of the molecule is CCCC(C)c1ccc2c(c1)c1ccccc1n2CCC. The van der Waals surface area contributed by atoms with Crippen molar-refractivity contribution < 1.29 is 0 Å². The third-order valence-electron chi connectivity index (χ3n) is 4.53. The normalized spacial score (nSPS) is 13.1. The Hall–Kier alpha value is -1.76. The summed E-state index contributed by atoms with van der Waals surface area (Å²) in [6, 6.07) is 15.9. The Labute approximate surface area is 127 Å². The summed E-state index contributed by atoms with van der Waals surface area (Å²) >= 11 is 0. The van der Waals surface area contributed by atoms with E-state index in [-0.39, 0.29) is 0 Å². The first kappa shape index (κ1) is 14.2. The van der Waals surface area contributed by atoms with Crippen LogP contribution in [0.15, 0.2) is 42.5 Å². The summed E-state index contributed by atoms with van der Waals surface area (Å²) in [5.74, 6) is 0.646. The van der Waals surface area contributed by atoms with Crippen LogP contribution in [0.3, 0.4) is 0 Å². The maximum absolute atomic E-state index is 2.47. The smallest absolute Gasteiger partial charge is 0.0491 e. The van der Waals surface area contributed by atoms with Gasteiger partial charge in [-0.1, -0.05) is 51.5 Å². The lowest BCUT2D eigenvalue weighted by atomic mass is 9.95. The Kier molecular flexibility index (Phi) is 4.01. The molecule has 3 rings (SSSR count). The van der Waals surface area contributed by atoms with Crippen LogP contribution in [0.1, 0.15) is 51.5 Å². The number of rotatable bonds is 5. The summed E-state index contributed by atoms with van der Waals surface area (Å²) in [6.45, 7) is 7.95. The van der Waals surface area contributed by atoms with E-state index in [0.717, 1.165) is 6.54 Å². The first-order chi connectivity index (χ1) is 10.3. The third kappa shape index (κ3) is 2.46. The van der Waals surface area contributed by atoms with Crippen LogP contribution in [0, 0.1) is 0 Å². The van der Waals surface area contributed by atoms with Crippen LogP contribution in [0.4, 0.5) is 0 Å². The molecule has 0 aliphatic heterocycles. The molecule has 0 bridgehead atoms. The summed E-state index contributed by atoms with van der Waals surface area (Å²) in [7, 11) is 0. The van der Waals surface area contributed by atoms with Gasteiger partial charge in [-0.3, -0.25) is 0 Å². The van der Waals surface area contributed by atoms with Crippen LogP contribution in [0.25, 0.3) is 21.8 Å². The molecular weight excluding hydrogens is 254 g/mol. The van der Waals surface area contributed by atoms with E-state index in [1.54, 1.807) is 0 Å². The van der Waals surface area contributed by atoms with Crippen molar-refractivity contribution in [3.63, 3.8) is 0 Å².